The van der Waals surface area contributed by atoms with E-state index < -0.39 is 109 Å². The van der Waals surface area contributed by atoms with Crippen molar-refractivity contribution in [3.05, 3.63) is 43.0 Å². The summed E-state index contributed by atoms with van der Waals surface area (Å²) in [5.41, 5.74) is 7.92. The highest BCUT2D eigenvalue weighted by Gasteiger charge is 2.37. The highest BCUT2D eigenvalue weighted by atomic mass is 16.6. The number of hydrogen-bond acceptors (Lipinski definition) is 13. The van der Waals surface area contributed by atoms with Crippen LogP contribution in [0.3, 0.4) is 0 Å². The Morgan fingerprint density at radius 2 is 1.52 bits per heavy atom. The third-order valence-corrected chi connectivity index (χ3v) is 9.71. The maximum atomic E-state index is 12.9. The number of H-pyrrole nitrogens is 1. The quantitative estimate of drug-likeness (QED) is 0.0212. The summed E-state index contributed by atoms with van der Waals surface area (Å²) in [5.74, 6) is -5.69. The molecule has 1 aliphatic heterocycles. The Labute approximate surface area is 353 Å². The van der Waals surface area contributed by atoms with Gasteiger partial charge in [-0.15, -0.1) is 0 Å². The van der Waals surface area contributed by atoms with E-state index in [2.05, 4.69) is 43.2 Å². The Hall–Kier alpha value is -5.76. The van der Waals surface area contributed by atoms with E-state index in [-0.39, 0.29) is 37.8 Å². The highest BCUT2D eigenvalue weighted by molar-refractivity contribution is 5.90. The summed E-state index contributed by atoms with van der Waals surface area (Å²) in [4.78, 5) is 115. The number of aromatic nitrogens is 2. The van der Waals surface area contributed by atoms with Gasteiger partial charge in [-0.3, -0.25) is 47.9 Å². The van der Waals surface area contributed by atoms with Crippen LogP contribution in [0.25, 0.3) is 10.4 Å². The van der Waals surface area contributed by atoms with Crippen LogP contribution in [0.15, 0.2) is 20.9 Å². The summed E-state index contributed by atoms with van der Waals surface area (Å²) in [6.07, 6.45) is 10.7. The zero-order chi connectivity index (χ0) is 45.2. The average molecular weight is 864 g/mol. The standard InChI is InChI=1S/C39H61N9O13/c1-4-5-6-7-8-9-10-11-12-13-14-15-34(53)59-23-29(43-26(3)49)38(57)41-19-18-31(50)44-27(37(56)42-21-33(51)52)16-17-35(54)60-24-30-28(46-47-40)20-32(61-30)48-22-25(2)36(55)45-39(48)58/h22,27-30,32H,4-21,23-24H2,1-3H3,(H,41,57)(H,42,56)(H,43,49)(H,44,50)(H,51,52)(H,45,55,58)/t27-,28?,29-,30+,32+/m0/s1. The number of rotatable bonds is 30. The number of aryl methyl sites for hydroxylation is 1. The number of nitrogens with one attached hydrogen (secondary N) is 5. The molecular weight excluding hydrogens is 802 g/mol. The minimum atomic E-state index is -1.40. The van der Waals surface area contributed by atoms with Crippen molar-refractivity contribution in [2.24, 2.45) is 5.11 Å². The van der Waals surface area contributed by atoms with E-state index in [1.807, 2.05) is 0 Å². The first kappa shape index (κ1) is 51.4. The van der Waals surface area contributed by atoms with Crippen molar-refractivity contribution in [3.63, 3.8) is 0 Å². The third-order valence-electron chi connectivity index (χ3n) is 9.71. The van der Waals surface area contributed by atoms with Gasteiger partial charge in [-0.05, 0) is 25.3 Å². The van der Waals surface area contributed by atoms with Crippen molar-refractivity contribution in [1.29, 1.82) is 0 Å². The lowest BCUT2D eigenvalue weighted by Gasteiger charge is -2.20. The second-order valence-corrected chi connectivity index (χ2v) is 14.8. The zero-order valence-corrected chi connectivity index (χ0v) is 35.2. The van der Waals surface area contributed by atoms with Crippen LogP contribution in [0.5, 0.6) is 0 Å². The fraction of sp³-hybridized carbons (Fsp3) is 0.718. The molecule has 1 saturated heterocycles. The van der Waals surface area contributed by atoms with E-state index in [9.17, 15) is 43.2 Å². The Balaban J connectivity index is 1.84. The molecule has 22 heteroatoms. The monoisotopic (exact) mass is 863 g/mol. The van der Waals surface area contributed by atoms with E-state index in [4.69, 9.17) is 24.8 Å². The van der Waals surface area contributed by atoms with Crippen LogP contribution < -0.4 is 32.5 Å². The highest BCUT2D eigenvalue weighted by Crippen LogP contribution is 2.30. The summed E-state index contributed by atoms with van der Waals surface area (Å²) in [6.45, 7) is 2.97. The van der Waals surface area contributed by atoms with Crippen molar-refractivity contribution < 1.29 is 52.9 Å². The molecule has 0 aliphatic carbocycles. The van der Waals surface area contributed by atoms with Gasteiger partial charge in [0, 0.05) is 55.8 Å². The molecule has 2 heterocycles. The summed E-state index contributed by atoms with van der Waals surface area (Å²) in [5, 5.41) is 22.1. The van der Waals surface area contributed by atoms with Crippen molar-refractivity contribution in [3.8, 4) is 0 Å². The van der Waals surface area contributed by atoms with Crippen LogP contribution in [0.4, 0.5) is 0 Å². The number of hydrogen-bond donors (Lipinski definition) is 6. The predicted molar refractivity (Wildman–Crippen MR) is 218 cm³/mol. The lowest BCUT2D eigenvalue weighted by molar-refractivity contribution is -0.149. The molecule has 1 aromatic heterocycles. The number of azide groups is 1. The number of carboxylic acids is 1. The van der Waals surface area contributed by atoms with Crippen molar-refractivity contribution in [1.82, 2.24) is 30.8 Å². The fourth-order valence-electron chi connectivity index (χ4n) is 6.39. The lowest BCUT2D eigenvalue weighted by atomic mass is 10.1. The fourth-order valence-corrected chi connectivity index (χ4v) is 6.39. The second kappa shape index (κ2) is 28.7. The normalized spacial score (nSPS) is 16.6. The maximum Gasteiger partial charge on any atom is 0.330 e. The summed E-state index contributed by atoms with van der Waals surface area (Å²) in [7, 11) is 0. The van der Waals surface area contributed by atoms with Gasteiger partial charge in [0.15, 0.2) is 0 Å². The number of carbonyl (C=O) groups is 7. The number of amides is 4. The molecule has 1 aliphatic rings. The van der Waals surface area contributed by atoms with Crippen molar-refractivity contribution in [2.75, 3.05) is 26.3 Å². The summed E-state index contributed by atoms with van der Waals surface area (Å²) in [6, 6.07) is -3.50. The van der Waals surface area contributed by atoms with E-state index in [1.165, 1.54) is 65.0 Å². The van der Waals surface area contributed by atoms with Gasteiger partial charge in [0.2, 0.25) is 23.6 Å². The number of nitrogens with zero attached hydrogens (tertiary/aromatic N) is 4. The Morgan fingerprint density at radius 1 is 0.902 bits per heavy atom. The SMILES string of the molecule is CCCCCCCCCCCCCC(=O)OC[C@H](NC(C)=O)C(=O)NCCC(=O)N[C@@H](CCC(=O)OC[C@H]1O[C@@H](n2cc(C)c(=O)[nH]c2=O)CC1N=[N+]=[N-])C(=O)NCC(=O)O. The zero-order valence-electron chi connectivity index (χ0n) is 35.2. The molecule has 2 rings (SSSR count). The van der Waals surface area contributed by atoms with Crippen LogP contribution in [-0.4, -0.2) is 107 Å². The summed E-state index contributed by atoms with van der Waals surface area (Å²) >= 11 is 0. The Bertz CT molecular complexity index is 1790. The van der Waals surface area contributed by atoms with Crippen molar-refractivity contribution >= 4 is 41.5 Å². The largest absolute Gasteiger partial charge is 0.480 e. The molecule has 22 nitrogen and oxygen atoms in total. The molecule has 1 unspecified atom stereocenters. The molecular formula is C39H61N9O13. The van der Waals surface area contributed by atoms with E-state index in [0.29, 0.717) is 6.42 Å². The topological polar surface area (TPSA) is 319 Å². The van der Waals surface area contributed by atoms with Crippen molar-refractivity contribution in [2.45, 2.75) is 154 Å². The molecule has 6 N–H and O–H groups in total. The molecule has 0 spiro atoms. The Kier molecular flexibility index (Phi) is 24.1. The lowest BCUT2D eigenvalue weighted by Crippen LogP contribution is -2.50. The van der Waals surface area contributed by atoms with E-state index >= 15 is 0 Å². The third kappa shape index (κ3) is 20.9. The van der Waals surface area contributed by atoms with Gasteiger partial charge in [0.05, 0.1) is 6.04 Å². The van der Waals surface area contributed by atoms with Crippen LogP contribution in [0.2, 0.25) is 0 Å². The van der Waals surface area contributed by atoms with Crippen LogP contribution in [0.1, 0.15) is 128 Å². The molecule has 5 atom stereocenters. The summed E-state index contributed by atoms with van der Waals surface area (Å²) < 4.78 is 17.5. The van der Waals surface area contributed by atoms with Gasteiger partial charge in [0.1, 0.15) is 44.2 Å². The van der Waals surface area contributed by atoms with Crippen LogP contribution in [0, 0.1) is 6.92 Å². The number of aromatic amines is 1. The van der Waals surface area contributed by atoms with Crippen LogP contribution in [-0.2, 0) is 47.8 Å². The minimum Gasteiger partial charge on any atom is -0.480 e. The first-order chi connectivity index (χ1) is 29.1. The number of unbranched alkanes of at least 4 members (excludes halogenated alkanes) is 10. The Morgan fingerprint density at radius 3 is 2.15 bits per heavy atom. The molecule has 0 bridgehead atoms. The molecule has 340 valence electrons. The van der Waals surface area contributed by atoms with Gasteiger partial charge in [-0.25, -0.2) is 4.79 Å². The molecule has 1 aromatic rings. The number of ether oxygens (including phenoxy) is 3. The predicted octanol–water partition coefficient (Wildman–Crippen LogP) is 2.08. The molecule has 0 aromatic carbocycles. The smallest absolute Gasteiger partial charge is 0.330 e. The first-order valence-corrected chi connectivity index (χ1v) is 20.8. The van der Waals surface area contributed by atoms with E-state index in [1.54, 1.807) is 0 Å². The number of carboxylic acid groups (broad SMARTS) is 1. The van der Waals surface area contributed by atoms with Crippen LogP contribution >= 0.6 is 0 Å². The second-order valence-electron chi connectivity index (χ2n) is 14.8. The molecule has 61 heavy (non-hydrogen) atoms. The van der Waals surface area contributed by atoms with Gasteiger partial charge in [-0.1, -0.05) is 76.2 Å². The molecule has 0 radical (unpaired) electrons. The van der Waals surface area contributed by atoms with Gasteiger partial charge in [0.25, 0.3) is 5.56 Å². The maximum absolute atomic E-state index is 12.9. The molecule has 4 amide bonds. The average Bonchev–Trinajstić information content (AvgIpc) is 3.61. The molecule has 1 fully saturated rings. The van der Waals surface area contributed by atoms with Gasteiger partial charge in [-0.2, -0.15) is 0 Å². The minimum absolute atomic E-state index is 0.0246. The van der Waals surface area contributed by atoms with E-state index in [0.717, 1.165) is 23.8 Å². The number of carbonyl (C=O) groups excluding carboxylic acids is 6. The van der Waals surface area contributed by atoms with Gasteiger partial charge >= 0.3 is 23.6 Å². The first-order valence-electron chi connectivity index (χ1n) is 20.8. The van der Waals surface area contributed by atoms with Gasteiger partial charge < -0.3 is 40.6 Å². The number of esters is 2. The molecule has 0 saturated carbocycles. The number of aliphatic carboxylic acids is 1.